The molecule has 0 saturated carbocycles. The number of fused-ring (bicyclic) bond motifs is 1. The fourth-order valence-electron chi connectivity index (χ4n) is 3.11. The van der Waals surface area contributed by atoms with E-state index in [-0.39, 0.29) is 23.1 Å². The van der Waals surface area contributed by atoms with Crippen LogP contribution in [0.25, 0.3) is 0 Å². The van der Waals surface area contributed by atoms with E-state index in [9.17, 15) is 13.2 Å². The first-order chi connectivity index (χ1) is 11.9. The Morgan fingerprint density at radius 1 is 1.16 bits per heavy atom. The third-order valence-corrected chi connectivity index (χ3v) is 6.32. The van der Waals surface area contributed by atoms with Crippen molar-refractivity contribution in [3.63, 3.8) is 0 Å². The molecule has 0 radical (unpaired) electrons. The lowest BCUT2D eigenvalue weighted by atomic mass is 9.89. The van der Waals surface area contributed by atoms with E-state index in [4.69, 9.17) is 0 Å². The zero-order valence-electron chi connectivity index (χ0n) is 14.2. The molecule has 0 saturated heterocycles. The summed E-state index contributed by atoms with van der Waals surface area (Å²) in [5.41, 5.74) is 1.93. The average molecular weight is 355 g/mol. The van der Waals surface area contributed by atoms with Crippen molar-refractivity contribution in [2.75, 3.05) is 10.8 Å². The first kappa shape index (κ1) is 17.4. The molecule has 5 heteroatoms. The Bertz CT molecular complexity index is 901. The molecule has 130 valence electrons. The molecule has 2 aromatic carbocycles. The average Bonchev–Trinajstić information content (AvgIpc) is 2.61. The maximum atomic E-state index is 13.2. The molecule has 0 fully saturated rings. The van der Waals surface area contributed by atoms with Crippen LogP contribution in [0.15, 0.2) is 66.1 Å². The highest BCUT2D eigenvalue weighted by atomic mass is 32.2. The molecule has 0 aromatic heterocycles. The number of sulfonamides is 1. The summed E-state index contributed by atoms with van der Waals surface area (Å²) < 4.78 is 27.7. The number of ketones is 1. The summed E-state index contributed by atoms with van der Waals surface area (Å²) in [6.07, 6.45) is 3.03. The molecule has 0 spiro atoms. The molecule has 0 amide bonds. The zero-order valence-corrected chi connectivity index (χ0v) is 15.0. The molecule has 4 nitrogen and oxygen atoms in total. The normalized spacial score (nSPS) is 17.2. The van der Waals surface area contributed by atoms with Crippen LogP contribution in [0.2, 0.25) is 0 Å². The number of hydrogen-bond acceptors (Lipinski definition) is 3. The Morgan fingerprint density at radius 2 is 1.84 bits per heavy atom. The summed E-state index contributed by atoms with van der Waals surface area (Å²) >= 11 is 0. The van der Waals surface area contributed by atoms with E-state index < -0.39 is 10.0 Å². The van der Waals surface area contributed by atoms with Gasteiger partial charge in [0.2, 0.25) is 0 Å². The highest BCUT2D eigenvalue weighted by molar-refractivity contribution is 7.92. The van der Waals surface area contributed by atoms with E-state index in [0.717, 1.165) is 5.56 Å². The summed E-state index contributed by atoms with van der Waals surface area (Å²) in [4.78, 5) is 13.0. The SMILES string of the molecule is C=CCCC1CN(S(=O)(=O)c2ccc(C)cc2)c2ccccc2C1=O. The Morgan fingerprint density at radius 3 is 2.52 bits per heavy atom. The number of nitrogens with zero attached hydrogens (tertiary/aromatic N) is 1. The van der Waals surface area contributed by atoms with Crippen molar-refractivity contribution >= 4 is 21.5 Å². The first-order valence-electron chi connectivity index (χ1n) is 8.28. The van der Waals surface area contributed by atoms with Crippen LogP contribution in [-0.2, 0) is 10.0 Å². The van der Waals surface area contributed by atoms with Gasteiger partial charge in [-0.3, -0.25) is 9.10 Å². The molecule has 0 aliphatic carbocycles. The summed E-state index contributed by atoms with van der Waals surface area (Å²) in [6.45, 7) is 5.77. The molecule has 1 aliphatic rings. The topological polar surface area (TPSA) is 54.5 Å². The van der Waals surface area contributed by atoms with E-state index in [1.54, 1.807) is 54.6 Å². The van der Waals surface area contributed by atoms with E-state index in [1.807, 2.05) is 6.92 Å². The van der Waals surface area contributed by atoms with E-state index in [1.165, 1.54) is 4.31 Å². The molecule has 1 unspecified atom stereocenters. The van der Waals surface area contributed by atoms with Crippen LogP contribution in [0.3, 0.4) is 0 Å². The van der Waals surface area contributed by atoms with Gasteiger partial charge in [0, 0.05) is 18.0 Å². The predicted molar refractivity (Wildman–Crippen MR) is 99.4 cm³/mol. The Hall–Kier alpha value is -2.40. The van der Waals surface area contributed by atoms with Gasteiger partial charge >= 0.3 is 0 Å². The number of carbonyl (C=O) groups is 1. The molecule has 1 atom stereocenters. The van der Waals surface area contributed by atoms with Crippen LogP contribution in [0.4, 0.5) is 5.69 Å². The minimum absolute atomic E-state index is 0.00723. The van der Waals surface area contributed by atoms with Crippen LogP contribution in [-0.4, -0.2) is 20.7 Å². The van der Waals surface area contributed by atoms with Crippen molar-refractivity contribution in [3.8, 4) is 0 Å². The summed E-state index contributed by atoms with van der Waals surface area (Å²) in [7, 11) is -3.72. The Labute approximate surface area is 148 Å². The summed E-state index contributed by atoms with van der Waals surface area (Å²) in [5, 5.41) is 0. The second-order valence-corrected chi connectivity index (χ2v) is 8.16. The maximum absolute atomic E-state index is 13.2. The first-order valence-corrected chi connectivity index (χ1v) is 9.72. The number of rotatable bonds is 5. The molecular weight excluding hydrogens is 334 g/mol. The maximum Gasteiger partial charge on any atom is 0.264 e. The van der Waals surface area contributed by atoms with E-state index in [2.05, 4.69) is 6.58 Å². The van der Waals surface area contributed by atoms with Crippen molar-refractivity contribution in [2.24, 2.45) is 5.92 Å². The van der Waals surface area contributed by atoms with Crippen molar-refractivity contribution in [1.82, 2.24) is 0 Å². The van der Waals surface area contributed by atoms with Crippen molar-refractivity contribution in [2.45, 2.75) is 24.7 Å². The van der Waals surface area contributed by atoms with Crippen molar-refractivity contribution in [1.29, 1.82) is 0 Å². The van der Waals surface area contributed by atoms with Crippen LogP contribution < -0.4 is 4.31 Å². The second-order valence-electron chi connectivity index (χ2n) is 6.29. The molecule has 0 bridgehead atoms. The van der Waals surface area contributed by atoms with Gasteiger partial charge in [0.15, 0.2) is 5.78 Å². The monoisotopic (exact) mass is 355 g/mol. The molecule has 1 heterocycles. The number of benzene rings is 2. The van der Waals surface area contributed by atoms with Gasteiger partial charge in [-0.05, 0) is 44.0 Å². The van der Waals surface area contributed by atoms with E-state index >= 15 is 0 Å². The number of para-hydroxylation sites is 1. The highest BCUT2D eigenvalue weighted by Crippen LogP contribution is 2.35. The fraction of sp³-hybridized carbons (Fsp3) is 0.250. The quantitative estimate of drug-likeness (QED) is 0.763. The number of hydrogen-bond donors (Lipinski definition) is 0. The minimum Gasteiger partial charge on any atom is -0.294 e. The number of allylic oxidation sites excluding steroid dienone is 1. The Balaban J connectivity index is 2.07. The molecular formula is C20H21NO3S. The lowest BCUT2D eigenvalue weighted by molar-refractivity contribution is 0.0913. The number of carbonyl (C=O) groups excluding carboxylic acids is 1. The van der Waals surface area contributed by atoms with Crippen molar-refractivity contribution in [3.05, 3.63) is 72.3 Å². The Kier molecular flexibility index (Phi) is 4.77. The molecule has 1 aliphatic heterocycles. The third kappa shape index (κ3) is 3.24. The summed E-state index contributed by atoms with van der Waals surface area (Å²) in [6, 6.07) is 13.7. The van der Waals surface area contributed by atoms with Gasteiger partial charge in [-0.1, -0.05) is 35.9 Å². The summed E-state index contributed by atoms with van der Waals surface area (Å²) in [5.74, 6) is -0.346. The molecule has 0 N–H and O–H groups in total. The largest absolute Gasteiger partial charge is 0.294 e. The molecule has 3 rings (SSSR count). The lowest BCUT2D eigenvalue weighted by Gasteiger charge is -2.34. The van der Waals surface area contributed by atoms with E-state index in [0.29, 0.717) is 24.1 Å². The molecule has 2 aromatic rings. The van der Waals surface area contributed by atoms with Crippen LogP contribution in [0, 0.1) is 12.8 Å². The highest BCUT2D eigenvalue weighted by Gasteiger charge is 2.37. The lowest BCUT2D eigenvalue weighted by Crippen LogP contribution is -2.42. The second kappa shape index (κ2) is 6.84. The van der Waals surface area contributed by atoms with Crippen LogP contribution in [0.1, 0.15) is 28.8 Å². The number of aryl methyl sites for hydroxylation is 1. The van der Waals surface area contributed by atoms with Gasteiger partial charge in [-0.2, -0.15) is 0 Å². The smallest absolute Gasteiger partial charge is 0.264 e. The van der Waals surface area contributed by atoms with Crippen LogP contribution >= 0.6 is 0 Å². The van der Waals surface area contributed by atoms with Gasteiger partial charge in [0.1, 0.15) is 0 Å². The minimum atomic E-state index is -3.72. The van der Waals surface area contributed by atoms with Gasteiger partial charge in [-0.25, -0.2) is 8.42 Å². The molecule has 25 heavy (non-hydrogen) atoms. The predicted octanol–water partition coefficient (Wildman–Crippen LogP) is 3.97. The van der Waals surface area contributed by atoms with Gasteiger partial charge in [0.05, 0.1) is 10.6 Å². The van der Waals surface area contributed by atoms with Crippen molar-refractivity contribution < 1.29 is 13.2 Å². The van der Waals surface area contributed by atoms with Gasteiger partial charge in [0.25, 0.3) is 10.0 Å². The third-order valence-electron chi connectivity index (χ3n) is 4.52. The standard InChI is InChI=1S/C20H21NO3S/c1-3-4-7-16-14-21(19-9-6-5-8-18(19)20(16)22)25(23,24)17-12-10-15(2)11-13-17/h3,5-6,8-13,16H,1,4,7,14H2,2H3. The van der Waals surface area contributed by atoms with Gasteiger partial charge < -0.3 is 0 Å². The number of Topliss-reactive ketones (excluding diaryl/α,β-unsaturated/α-hetero) is 1. The number of anilines is 1. The van der Waals surface area contributed by atoms with Gasteiger partial charge in [-0.15, -0.1) is 6.58 Å². The zero-order chi connectivity index (χ0) is 18.0. The fourth-order valence-corrected chi connectivity index (χ4v) is 4.64. The van der Waals surface area contributed by atoms with Crippen LogP contribution in [0.5, 0.6) is 0 Å².